The third kappa shape index (κ3) is 4.36. The second-order valence-corrected chi connectivity index (χ2v) is 12.3. The van der Waals surface area contributed by atoms with Crippen LogP contribution in [0.15, 0.2) is 146 Å². The molecule has 0 nitrogen and oxygen atoms in total. The highest BCUT2D eigenvalue weighted by atomic mass is 31.1. The maximum Gasteiger partial charge on any atom is 0.155 e. The van der Waals surface area contributed by atoms with Gasteiger partial charge in [-0.3, -0.25) is 0 Å². The van der Waals surface area contributed by atoms with E-state index in [0.29, 0.717) is 0 Å². The van der Waals surface area contributed by atoms with E-state index in [0.717, 1.165) is 0 Å². The van der Waals surface area contributed by atoms with Crippen molar-refractivity contribution in [2.75, 3.05) is 0 Å². The highest BCUT2D eigenvalue weighted by Crippen LogP contribution is 2.32. The van der Waals surface area contributed by atoms with Crippen LogP contribution in [0.3, 0.4) is 0 Å². The van der Waals surface area contributed by atoms with Crippen molar-refractivity contribution in [2.45, 2.75) is 0 Å². The van der Waals surface area contributed by atoms with Crippen molar-refractivity contribution in [3.63, 3.8) is 0 Å². The summed E-state index contributed by atoms with van der Waals surface area (Å²) in [7, 11) is -1.80. The molecule has 0 aliphatic heterocycles. The summed E-state index contributed by atoms with van der Waals surface area (Å²) in [6, 6.07) is 53.2. The van der Waals surface area contributed by atoms with Gasteiger partial charge in [-0.2, -0.15) is 0 Å². The second-order valence-electron chi connectivity index (χ2n) is 7.63. The number of benzene rings is 5. The van der Waals surface area contributed by atoms with Gasteiger partial charge in [0.1, 0.15) is 0 Å². The molecule has 153 valence electrons. The Hall–Kier alpha value is -3.25. The second kappa shape index (κ2) is 9.91. The normalized spacial score (nSPS) is 11.1. The van der Waals surface area contributed by atoms with Gasteiger partial charge < -0.3 is 0 Å². The van der Waals surface area contributed by atoms with E-state index in [4.69, 9.17) is 0 Å². The van der Waals surface area contributed by atoms with Crippen molar-refractivity contribution >= 4 is 48.2 Å². The first-order chi connectivity index (χ1) is 15.9. The standard InChI is InChI=1S/C30H24PSi/c1-5-15-25(16-6-1)31(26-17-7-2-8-18-26)29-23-13-14-24-30(29)32(27-19-9-3-10-20-27)28-21-11-4-12-22-28/h1-24H. The van der Waals surface area contributed by atoms with Crippen LogP contribution in [0.25, 0.3) is 0 Å². The van der Waals surface area contributed by atoms with E-state index >= 15 is 0 Å². The van der Waals surface area contributed by atoms with E-state index in [2.05, 4.69) is 146 Å². The minimum atomic E-state index is -1.15. The Kier molecular flexibility index (Phi) is 6.39. The van der Waals surface area contributed by atoms with E-state index in [1.54, 1.807) is 0 Å². The highest BCUT2D eigenvalue weighted by molar-refractivity contribution is 7.80. The number of hydrogen-bond acceptors (Lipinski definition) is 0. The molecule has 0 aromatic heterocycles. The lowest BCUT2D eigenvalue weighted by atomic mass is 10.3. The van der Waals surface area contributed by atoms with Crippen LogP contribution in [-0.4, -0.2) is 8.80 Å². The first-order valence-corrected chi connectivity index (χ1v) is 13.7. The average molecular weight is 444 g/mol. The molecule has 0 saturated heterocycles. The average Bonchev–Trinajstić information content (AvgIpc) is 2.88. The van der Waals surface area contributed by atoms with Gasteiger partial charge in [0, 0.05) is 0 Å². The summed E-state index contributed by atoms with van der Waals surface area (Å²) in [5.74, 6) is 0. The molecular weight excluding hydrogens is 419 g/mol. The van der Waals surface area contributed by atoms with Crippen molar-refractivity contribution in [1.29, 1.82) is 0 Å². The molecule has 0 atom stereocenters. The van der Waals surface area contributed by atoms with Crippen molar-refractivity contribution < 1.29 is 0 Å². The van der Waals surface area contributed by atoms with Crippen LogP contribution in [0.4, 0.5) is 0 Å². The molecule has 0 fully saturated rings. The van der Waals surface area contributed by atoms with Gasteiger partial charge in [-0.15, -0.1) is 0 Å². The Morgan fingerprint density at radius 3 is 1.22 bits per heavy atom. The van der Waals surface area contributed by atoms with Gasteiger partial charge in [-0.25, -0.2) is 0 Å². The fourth-order valence-corrected chi connectivity index (χ4v) is 9.77. The summed E-state index contributed by atoms with van der Waals surface area (Å²) in [6.45, 7) is 0. The van der Waals surface area contributed by atoms with Crippen molar-refractivity contribution in [2.24, 2.45) is 0 Å². The molecule has 0 aliphatic carbocycles. The Labute approximate surface area is 193 Å². The van der Waals surface area contributed by atoms with Crippen molar-refractivity contribution in [1.82, 2.24) is 0 Å². The van der Waals surface area contributed by atoms with Gasteiger partial charge in [0.05, 0.1) is 0 Å². The molecule has 2 heteroatoms. The molecule has 1 radical (unpaired) electrons. The SMILES string of the molecule is c1ccc([Si](c2ccccc2)c2ccccc2P(c2ccccc2)c2ccccc2)cc1. The van der Waals surface area contributed by atoms with Crippen LogP contribution >= 0.6 is 7.92 Å². The highest BCUT2D eigenvalue weighted by Gasteiger charge is 2.26. The molecule has 32 heavy (non-hydrogen) atoms. The lowest BCUT2D eigenvalue weighted by Gasteiger charge is -2.26. The zero-order valence-electron chi connectivity index (χ0n) is 17.8. The predicted octanol–water partition coefficient (Wildman–Crippen LogP) is 3.96. The fourth-order valence-electron chi connectivity index (χ4n) is 4.15. The predicted molar refractivity (Wildman–Crippen MR) is 143 cm³/mol. The minimum Gasteiger partial charge on any atom is -0.0624 e. The number of hydrogen-bond donors (Lipinski definition) is 0. The summed E-state index contributed by atoms with van der Waals surface area (Å²) in [5, 5.41) is 8.57. The molecule has 0 N–H and O–H groups in total. The Balaban J connectivity index is 1.74. The Morgan fingerprint density at radius 1 is 0.375 bits per heavy atom. The molecule has 0 amide bonds. The van der Waals surface area contributed by atoms with Gasteiger partial charge >= 0.3 is 0 Å². The molecular formula is C30H24PSi. The summed E-state index contributed by atoms with van der Waals surface area (Å²) < 4.78 is 0. The van der Waals surface area contributed by atoms with E-state index in [1.807, 2.05) is 0 Å². The van der Waals surface area contributed by atoms with Gasteiger partial charge in [-0.1, -0.05) is 156 Å². The third-order valence-corrected chi connectivity index (χ3v) is 11.1. The largest absolute Gasteiger partial charge is 0.155 e. The van der Waals surface area contributed by atoms with Gasteiger partial charge in [0.25, 0.3) is 0 Å². The third-order valence-electron chi connectivity index (χ3n) is 5.57. The first kappa shape index (κ1) is 20.6. The topological polar surface area (TPSA) is 0 Å². The van der Waals surface area contributed by atoms with Crippen LogP contribution in [0, 0.1) is 0 Å². The molecule has 0 spiro atoms. The van der Waals surface area contributed by atoms with E-state index in [1.165, 1.54) is 31.5 Å². The maximum absolute atomic E-state index is 2.37. The molecule has 5 rings (SSSR count). The summed E-state index contributed by atoms with van der Waals surface area (Å²) in [5.41, 5.74) is 0. The summed E-state index contributed by atoms with van der Waals surface area (Å²) in [4.78, 5) is 0. The zero-order valence-corrected chi connectivity index (χ0v) is 19.7. The molecule has 5 aromatic carbocycles. The first-order valence-electron chi connectivity index (χ1n) is 10.9. The summed E-state index contributed by atoms with van der Waals surface area (Å²) in [6.07, 6.45) is 0. The van der Waals surface area contributed by atoms with Gasteiger partial charge in [-0.05, 0) is 29.0 Å². The quantitative estimate of drug-likeness (QED) is 0.212. The van der Waals surface area contributed by atoms with Gasteiger partial charge in [0.2, 0.25) is 0 Å². The lowest BCUT2D eigenvalue weighted by molar-refractivity contribution is 1.72. The molecule has 0 aliphatic rings. The molecule has 0 heterocycles. The van der Waals surface area contributed by atoms with Crippen LogP contribution < -0.4 is 31.5 Å². The molecule has 0 saturated carbocycles. The Bertz CT molecular complexity index is 1070. The zero-order chi connectivity index (χ0) is 21.6. The van der Waals surface area contributed by atoms with Crippen LogP contribution in [0.5, 0.6) is 0 Å². The van der Waals surface area contributed by atoms with E-state index in [-0.39, 0.29) is 0 Å². The lowest BCUT2D eigenvalue weighted by Crippen LogP contribution is -2.56. The molecule has 0 unspecified atom stereocenters. The van der Waals surface area contributed by atoms with Crippen molar-refractivity contribution in [3.05, 3.63) is 146 Å². The smallest absolute Gasteiger partial charge is 0.0624 e. The molecule has 0 bridgehead atoms. The monoisotopic (exact) mass is 443 g/mol. The minimum absolute atomic E-state index is 0.655. The fraction of sp³-hybridized carbons (Fsp3) is 0. The maximum atomic E-state index is 2.37. The van der Waals surface area contributed by atoms with E-state index in [9.17, 15) is 0 Å². The van der Waals surface area contributed by atoms with E-state index < -0.39 is 16.7 Å². The van der Waals surface area contributed by atoms with Gasteiger partial charge in [0.15, 0.2) is 8.80 Å². The van der Waals surface area contributed by atoms with Crippen LogP contribution in [-0.2, 0) is 0 Å². The summed E-state index contributed by atoms with van der Waals surface area (Å²) >= 11 is 0. The van der Waals surface area contributed by atoms with Crippen molar-refractivity contribution in [3.8, 4) is 0 Å². The number of rotatable bonds is 6. The van der Waals surface area contributed by atoms with Crippen LogP contribution in [0.2, 0.25) is 0 Å². The Morgan fingerprint density at radius 2 is 0.750 bits per heavy atom. The van der Waals surface area contributed by atoms with Crippen LogP contribution in [0.1, 0.15) is 0 Å². The molecule has 5 aromatic rings.